The van der Waals surface area contributed by atoms with Crippen LogP contribution in [0.4, 0.5) is 5.69 Å². The normalized spacial score (nSPS) is 10.7. The molecule has 0 fully saturated rings. The number of benzene rings is 2. The summed E-state index contributed by atoms with van der Waals surface area (Å²) in [6.07, 6.45) is 0.536. The molecule has 3 rings (SSSR count). The molecule has 29 heavy (non-hydrogen) atoms. The minimum absolute atomic E-state index is 0.124. The third-order valence-electron chi connectivity index (χ3n) is 4.83. The first-order valence-corrected chi connectivity index (χ1v) is 9.17. The number of nitro benzene ring substituents is 1. The predicted octanol–water partition coefficient (Wildman–Crippen LogP) is 4.36. The highest BCUT2D eigenvalue weighted by Gasteiger charge is 2.21. The number of hydrogen-bond donors (Lipinski definition) is 0. The van der Waals surface area contributed by atoms with Gasteiger partial charge in [0.2, 0.25) is 5.78 Å². The SMILES string of the molecule is CCc1nc2ccccc2c(C)c1C(=O)OCC(=O)c1ccc(C)c([N+](=O)[O-])c1. The zero-order valence-electron chi connectivity index (χ0n) is 16.4. The van der Waals surface area contributed by atoms with Gasteiger partial charge in [-0.15, -0.1) is 0 Å². The molecular weight excluding hydrogens is 372 g/mol. The van der Waals surface area contributed by atoms with Crippen molar-refractivity contribution in [2.45, 2.75) is 27.2 Å². The summed E-state index contributed by atoms with van der Waals surface area (Å²) in [5.74, 6) is -1.14. The van der Waals surface area contributed by atoms with Crippen LogP contribution in [-0.2, 0) is 11.2 Å². The average Bonchev–Trinajstić information content (AvgIpc) is 2.71. The maximum absolute atomic E-state index is 12.7. The lowest BCUT2D eigenvalue weighted by molar-refractivity contribution is -0.385. The van der Waals surface area contributed by atoms with E-state index in [2.05, 4.69) is 4.98 Å². The summed E-state index contributed by atoms with van der Waals surface area (Å²) in [5.41, 5.74) is 2.93. The summed E-state index contributed by atoms with van der Waals surface area (Å²) in [5, 5.41) is 11.9. The van der Waals surface area contributed by atoms with Crippen LogP contribution in [0.1, 0.15) is 44.5 Å². The van der Waals surface area contributed by atoms with Crippen LogP contribution in [0, 0.1) is 24.0 Å². The Labute approximate surface area is 167 Å². The zero-order valence-corrected chi connectivity index (χ0v) is 16.4. The Balaban J connectivity index is 1.84. The quantitative estimate of drug-likeness (QED) is 0.267. The minimum Gasteiger partial charge on any atom is -0.454 e. The lowest BCUT2D eigenvalue weighted by Gasteiger charge is -2.13. The second-order valence-corrected chi connectivity index (χ2v) is 6.69. The largest absolute Gasteiger partial charge is 0.454 e. The van der Waals surface area contributed by atoms with E-state index < -0.39 is 23.3 Å². The molecule has 0 saturated carbocycles. The number of hydrogen-bond acceptors (Lipinski definition) is 6. The highest BCUT2D eigenvalue weighted by atomic mass is 16.6. The van der Waals surface area contributed by atoms with Gasteiger partial charge in [0.05, 0.1) is 21.7 Å². The summed E-state index contributed by atoms with van der Waals surface area (Å²) in [6, 6.07) is 11.7. The van der Waals surface area contributed by atoms with Gasteiger partial charge in [0.1, 0.15) is 0 Å². The van der Waals surface area contributed by atoms with Crippen molar-refractivity contribution in [3.63, 3.8) is 0 Å². The van der Waals surface area contributed by atoms with Crippen LogP contribution < -0.4 is 0 Å². The summed E-state index contributed by atoms with van der Waals surface area (Å²) in [4.78, 5) is 40.2. The second kappa shape index (κ2) is 8.18. The maximum atomic E-state index is 12.7. The van der Waals surface area contributed by atoms with E-state index in [9.17, 15) is 19.7 Å². The molecule has 0 atom stereocenters. The molecule has 0 spiro atoms. The number of pyridine rings is 1. The van der Waals surface area contributed by atoms with Crippen molar-refractivity contribution in [3.8, 4) is 0 Å². The number of rotatable bonds is 6. The summed E-state index contributed by atoms with van der Waals surface area (Å²) in [7, 11) is 0. The molecule has 7 nitrogen and oxygen atoms in total. The first kappa shape index (κ1) is 20.1. The van der Waals surface area contributed by atoms with Gasteiger partial charge in [-0.1, -0.05) is 37.3 Å². The lowest BCUT2D eigenvalue weighted by atomic mass is 10.0. The predicted molar refractivity (Wildman–Crippen MR) is 108 cm³/mol. The van der Waals surface area contributed by atoms with Crippen molar-refractivity contribution in [1.82, 2.24) is 4.98 Å². The van der Waals surface area contributed by atoms with E-state index in [0.29, 0.717) is 23.2 Å². The van der Waals surface area contributed by atoms with E-state index in [1.54, 1.807) is 6.92 Å². The monoisotopic (exact) mass is 392 g/mol. The number of Topliss-reactive ketones (excluding diaryl/α,β-unsaturated/α-hetero) is 1. The Kier molecular flexibility index (Phi) is 5.68. The number of para-hydroxylation sites is 1. The molecule has 1 heterocycles. The zero-order chi connectivity index (χ0) is 21.1. The molecule has 0 aliphatic carbocycles. The van der Waals surface area contributed by atoms with E-state index >= 15 is 0 Å². The summed E-state index contributed by atoms with van der Waals surface area (Å²) >= 11 is 0. The molecule has 7 heteroatoms. The number of carbonyl (C=O) groups is 2. The third kappa shape index (κ3) is 3.99. The number of ketones is 1. The maximum Gasteiger partial charge on any atom is 0.340 e. The van der Waals surface area contributed by atoms with Crippen molar-refractivity contribution in [3.05, 3.63) is 80.5 Å². The molecule has 0 radical (unpaired) electrons. The molecule has 2 aromatic carbocycles. The van der Waals surface area contributed by atoms with E-state index in [-0.39, 0.29) is 11.3 Å². The van der Waals surface area contributed by atoms with Crippen LogP contribution >= 0.6 is 0 Å². The molecule has 3 aromatic rings. The molecule has 0 aliphatic heterocycles. The van der Waals surface area contributed by atoms with E-state index in [1.807, 2.05) is 38.1 Å². The fourth-order valence-electron chi connectivity index (χ4n) is 3.23. The van der Waals surface area contributed by atoms with Crippen LogP contribution in [0.5, 0.6) is 0 Å². The van der Waals surface area contributed by atoms with E-state index in [4.69, 9.17) is 4.74 Å². The summed E-state index contributed by atoms with van der Waals surface area (Å²) < 4.78 is 5.25. The van der Waals surface area contributed by atoms with E-state index in [0.717, 1.165) is 16.5 Å². The van der Waals surface area contributed by atoms with Crippen LogP contribution in [-0.4, -0.2) is 28.3 Å². The molecule has 0 bridgehead atoms. The van der Waals surface area contributed by atoms with Gasteiger partial charge in [-0.25, -0.2) is 4.79 Å². The van der Waals surface area contributed by atoms with Crippen LogP contribution in [0.25, 0.3) is 10.9 Å². The van der Waals surface area contributed by atoms with Gasteiger partial charge in [-0.05, 0) is 31.9 Å². The van der Waals surface area contributed by atoms with Crippen molar-refractivity contribution in [1.29, 1.82) is 0 Å². The van der Waals surface area contributed by atoms with Gasteiger partial charge in [0, 0.05) is 22.6 Å². The van der Waals surface area contributed by atoms with Crippen molar-refractivity contribution < 1.29 is 19.2 Å². The lowest BCUT2D eigenvalue weighted by Crippen LogP contribution is -2.17. The third-order valence-corrected chi connectivity index (χ3v) is 4.83. The molecule has 0 amide bonds. The fourth-order valence-corrected chi connectivity index (χ4v) is 3.23. The standard InChI is InChI=1S/C22H20N2O5/c1-4-17-21(14(3)16-7-5-6-8-18(16)23-17)22(26)29-12-20(25)15-10-9-13(2)19(11-15)24(27)28/h5-11H,4,12H2,1-3H3. The van der Waals surface area contributed by atoms with Gasteiger partial charge in [-0.2, -0.15) is 0 Å². The Morgan fingerprint density at radius 3 is 2.55 bits per heavy atom. The van der Waals surface area contributed by atoms with Gasteiger partial charge < -0.3 is 4.74 Å². The first-order chi connectivity index (χ1) is 13.8. The molecule has 1 aromatic heterocycles. The Morgan fingerprint density at radius 2 is 1.86 bits per heavy atom. The van der Waals surface area contributed by atoms with E-state index in [1.165, 1.54) is 18.2 Å². The number of carbonyl (C=O) groups excluding carboxylic acids is 2. The van der Waals surface area contributed by atoms with Crippen molar-refractivity contribution >= 4 is 28.3 Å². The molecule has 0 saturated heterocycles. The molecular formula is C22H20N2O5. The van der Waals surface area contributed by atoms with Crippen LogP contribution in [0.2, 0.25) is 0 Å². The second-order valence-electron chi connectivity index (χ2n) is 6.69. The number of nitrogens with zero attached hydrogens (tertiary/aromatic N) is 2. The average molecular weight is 392 g/mol. The Morgan fingerprint density at radius 1 is 1.14 bits per heavy atom. The topological polar surface area (TPSA) is 99.4 Å². The van der Waals surface area contributed by atoms with Crippen molar-refractivity contribution in [2.75, 3.05) is 6.61 Å². The number of esters is 1. The number of aryl methyl sites for hydroxylation is 3. The first-order valence-electron chi connectivity index (χ1n) is 9.17. The molecule has 148 valence electrons. The molecule has 0 aliphatic rings. The molecule has 0 unspecified atom stereocenters. The van der Waals surface area contributed by atoms with Gasteiger partial charge in [-0.3, -0.25) is 19.9 Å². The Bertz CT molecular complexity index is 1140. The summed E-state index contributed by atoms with van der Waals surface area (Å²) in [6.45, 7) is 4.80. The Hall–Kier alpha value is -3.61. The van der Waals surface area contributed by atoms with Crippen LogP contribution in [0.15, 0.2) is 42.5 Å². The number of aromatic nitrogens is 1. The van der Waals surface area contributed by atoms with Crippen LogP contribution in [0.3, 0.4) is 0 Å². The number of ether oxygens (including phenoxy) is 1. The highest BCUT2D eigenvalue weighted by Crippen LogP contribution is 2.24. The number of nitro groups is 1. The minimum atomic E-state index is -0.632. The van der Waals surface area contributed by atoms with Gasteiger partial charge in [0.25, 0.3) is 5.69 Å². The smallest absolute Gasteiger partial charge is 0.340 e. The van der Waals surface area contributed by atoms with Crippen molar-refractivity contribution in [2.24, 2.45) is 0 Å². The fraction of sp³-hybridized carbons (Fsp3) is 0.227. The highest BCUT2D eigenvalue weighted by molar-refractivity contribution is 6.02. The van der Waals surface area contributed by atoms with Gasteiger partial charge in [0.15, 0.2) is 6.61 Å². The number of fused-ring (bicyclic) bond motifs is 1. The molecule has 0 N–H and O–H groups in total. The van der Waals surface area contributed by atoms with Gasteiger partial charge >= 0.3 is 5.97 Å².